The van der Waals surface area contributed by atoms with Crippen LogP contribution >= 0.6 is 0 Å². The van der Waals surface area contributed by atoms with Crippen LogP contribution in [0.1, 0.15) is 75.5 Å². The van der Waals surface area contributed by atoms with Crippen molar-refractivity contribution in [3.8, 4) is 0 Å². The van der Waals surface area contributed by atoms with Crippen molar-refractivity contribution in [2.45, 2.75) is 81.8 Å². The molecular weight excluding hydrogens is 476 g/mol. The number of aromatic nitrogens is 3. The Morgan fingerprint density at radius 2 is 1.73 bits per heavy atom. The van der Waals surface area contributed by atoms with Crippen molar-refractivity contribution >= 4 is 11.5 Å². The van der Waals surface area contributed by atoms with E-state index in [1.165, 1.54) is 55.4 Å². The molecule has 1 amide bonds. The molecule has 5 nitrogen and oxygen atoms in total. The minimum Gasteiger partial charge on any atom is -1.00 e. The molecule has 1 aromatic heterocycles. The predicted molar refractivity (Wildman–Crippen MR) is 121 cm³/mol. The summed E-state index contributed by atoms with van der Waals surface area (Å²) in [4.78, 5) is 12.2. The molecule has 1 aliphatic heterocycles. The highest BCUT2D eigenvalue weighted by Crippen LogP contribution is 2.57. The van der Waals surface area contributed by atoms with Crippen LogP contribution in [0.3, 0.4) is 0 Å². The largest absolute Gasteiger partial charge is 1.00 e. The Kier molecular flexibility index (Phi) is 5.09. The molecule has 1 aromatic carbocycles. The van der Waals surface area contributed by atoms with Gasteiger partial charge in [0.1, 0.15) is 12.1 Å². The lowest BCUT2D eigenvalue weighted by Crippen LogP contribution is -3.00. The summed E-state index contributed by atoms with van der Waals surface area (Å²) in [5, 5.41) is 8.65. The van der Waals surface area contributed by atoms with Gasteiger partial charge in [0.05, 0.1) is 10.8 Å². The van der Waals surface area contributed by atoms with Gasteiger partial charge in [0.15, 0.2) is 11.9 Å². The number of benzene rings is 1. The van der Waals surface area contributed by atoms with Gasteiger partial charge in [0, 0.05) is 12.0 Å². The van der Waals surface area contributed by atoms with E-state index in [0.717, 1.165) is 43.6 Å². The van der Waals surface area contributed by atoms with E-state index in [9.17, 15) is 4.79 Å². The molecule has 6 heteroatoms. The van der Waals surface area contributed by atoms with Crippen molar-refractivity contribution in [1.82, 2.24) is 15.2 Å². The van der Waals surface area contributed by atoms with E-state index in [0.29, 0.717) is 6.42 Å². The summed E-state index contributed by atoms with van der Waals surface area (Å²) in [5.74, 6) is 2.87. The molecular formula is C27H33BrN4O. The molecule has 0 unspecified atom stereocenters. The zero-order valence-corrected chi connectivity index (χ0v) is 20.8. The van der Waals surface area contributed by atoms with Crippen LogP contribution in [0.4, 0.5) is 0 Å². The highest BCUT2D eigenvalue weighted by Gasteiger charge is 2.56. The average Bonchev–Trinajstić information content (AvgIpc) is 3.47. The van der Waals surface area contributed by atoms with Crippen LogP contribution < -0.4 is 27.0 Å². The van der Waals surface area contributed by atoms with Gasteiger partial charge in [0.25, 0.3) is 0 Å². The van der Waals surface area contributed by atoms with Gasteiger partial charge in [-0.3, -0.25) is 4.79 Å². The van der Waals surface area contributed by atoms with E-state index in [4.69, 9.17) is 5.21 Å². The van der Waals surface area contributed by atoms with Crippen molar-refractivity contribution in [3.05, 3.63) is 53.9 Å². The maximum Gasteiger partial charge on any atom is 0.220 e. The summed E-state index contributed by atoms with van der Waals surface area (Å²) in [5.41, 5.74) is 3.80. The van der Waals surface area contributed by atoms with E-state index in [-0.39, 0.29) is 34.0 Å². The Hall–Kier alpha value is -1.95. The van der Waals surface area contributed by atoms with E-state index in [1.54, 1.807) is 0 Å². The molecule has 2 heterocycles. The van der Waals surface area contributed by atoms with Gasteiger partial charge in [-0.05, 0) is 81.1 Å². The quantitative estimate of drug-likeness (QED) is 0.625. The molecule has 5 fully saturated rings. The summed E-state index contributed by atoms with van der Waals surface area (Å²) < 4.78 is 4.62. The van der Waals surface area contributed by atoms with Crippen molar-refractivity contribution in [3.63, 3.8) is 0 Å². The number of carbonyl (C=O) groups is 1. The molecule has 1 atom stereocenters. The molecule has 4 bridgehead atoms. The van der Waals surface area contributed by atoms with Crippen LogP contribution in [-0.2, 0) is 16.9 Å². The fraction of sp³-hybridized carbons (Fsp3) is 0.593. The Bertz CT molecular complexity index is 1070. The van der Waals surface area contributed by atoms with E-state index in [1.807, 2.05) is 0 Å². The molecule has 1 spiro atoms. The summed E-state index contributed by atoms with van der Waals surface area (Å²) in [6.45, 7) is 0.775. The van der Waals surface area contributed by atoms with Crippen molar-refractivity contribution in [2.75, 3.05) is 0 Å². The molecule has 6 aliphatic rings. The fourth-order valence-electron chi connectivity index (χ4n) is 8.28. The van der Waals surface area contributed by atoms with Crippen LogP contribution in [0.2, 0.25) is 0 Å². The number of nitrogens with one attached hydrogen (secondary N) is 1. The minimum absolute atomic E-state index is 0. The van der Waals surface area contributed by atoms with Gasteiger partial charge < -0.3 is 22.3 Å². The van der Waals surface area contributed by atoms with Crippen LogP contribution in [0, 0.1) is 17.8 Å². The number of amides is 1. The number of carbonyl (C=O) groups excluding carboxylic acids is 1. The second-order valence-electron chi connectivity index (χ2n) is 11.4. The molecule has 4 saturated carbocycles. The number of allylic oxidation sites excluding steroid dienone is 1. The second kappa shape index (κ2) is 7.79. The smallest absolute Gasteiger partial charge is 0.220 e. The second-order valence-corrected chi connectivity index (χ2v) is 11.4. The maximum atomic E-state index is 12.2. The van der Waals surface area contributed by atoms with Gasteiger partial charge in [-0.15, -0.1) is 9.36 Å². The maximum absolute atomic E-state index is 12.2. The lowest BCUT2D eigenvalue weighted by atomic mass is 9.53. The topological polar surface area (TPSA) is 50.8 Å². The average molecular weight is 509 g/mol. The number of halogens is 1. The first kappa shape index (κ1) is 21.6. The molecule has 1 N–H and O–H groups in total. The van der Waals surface area contributed by atoms with Gasteiger partial charge in [-0.2, -0.15) is 0 Å². The van der Waals surface area contributed by atoms with Crippen LogP contribution in [0.15, 0.2) is 42.6 Å². The van der Waals surface area contributed by atoms with Crippen LogP contribution in [0.5, 0.6) is 0 Å². The molecule has 1 saturated heterocycles. The predicted octanol–water partition coefficient (Wildman–Crippen LogP) is 0.974. The highest BCUT2D eigenvalue weighted by molar-refractivity contribution is 5.87. The molecule has 2 aromatic rings. The normalized spacial score (nSPS) is 36.2. The third kappa shape index (κ3) is 3.43. The number of hydrogen-bond acceptors (Lipinski definition) is 2. The summed E-state index contributed by atoms with van der Waals surface area (Å²) in [6.07, 6.45) is 16.5. The monoisotopic (exact) mass is 508 g/mol. The Labute approximate surface area is 206 Å². The molecule has 8 rings (SSSR count). The van der Waals surface area contributed by atoms with E-state index in [2.05, 4.69) is 57.3 Å². The standard InChI is InChI=1S/C27H32N4O.BrH/c32-25-8-10-27(28-25)9-4-7-23(27)24-18-31(29-30(24)17-19-5-2-1-3-6-19)26-14-20-11-21(15-26)13-22(12-20)16-26;/h1-3,5-7,18,20-22H,4,8-17H2;1H/t20?,21?,22?,26?,27-;/m0./s1. The number of rotatable bonds is 4. The first-order valence-electron chi connectivity index (χ1n) is 12.7. The van der Waals surface area contributed by atoms with Crippen molar-refractivity contribution < 1.29 is 26.5 Å². The van der Waals surface area contributed by atoms with E-state index < -0.39 is 0 Å². The third-order valence-corrected chi connectivity index (χ3v) is 9.26. The minimum atomic E-state index is -0.190. The lowest BCUT2D eigenvalue weighted by molar-refractivity contribution is -0.826. The highest BCUT2D eigenvalue weighted by atomic mass is 79.9. The molecule has 5 aliphatic carbocycles. The zero-order chi connectivity index (χ0) is 21.3. The molecule has 174 valence electrons. The van der Waals surface area contributed by atoms with Gasteiger partial charge >= 0.3 is 0 Å². The van der Waals surface area contributed by atoms with Crippen LogP contribution in [0.25, 0.3) is 5.57 Å². The van der Waals surface area contributed by atoms with Gasteiger partial charge in [-0.25, -0.2) is 0 Å². The molecule has 33 heavy (non-hydrogen) atoms. The molecule has 0 radical (unpaired) electrons. The van der Waals surface area contributed by atoms with Gasteiger partial charge in [0.2, 0.25) is 5.91 Å². The zero-order valence-electron chi connectivity index (χ0n) is 19.2. The summed E-state index contributed by atoms with van der Waals surface area (Å²) in [7, 11) is 0. The van der Waals surface area contributed by atoms with Crippen molar-refractivity contribution in [2.24, 2.45) is 17.8 Å². The Morgan fingerprint density at radius 3 is 2.36 bits per heavy atom. The van der Waals surface area contributed by atoms with Gasteiger partial charge in [-0.1, -0.05) is 36.4 Å². The third-order valence-electron chi connectivity index (χ3n) is 9.26. The van der Waals surface area contributed by atoms with Crippen molar-refractivity contribution in [1.29, 1.82) is 0 Å². The van der Waals surface area contributed by atoms with E-state index >= 15 is 0 Å². The summed E-state index contributed by atoms with van der Waals surface area (Å²) >= 11 is 0. The number of hydrogen-bond donors (Lipinski definition) is 1. The lowest BCUT2D eigenvalue weighted by Gasteiger charge is -2.53. The fourth-order valence-corrected chi connectivity index (χ4v) is 8.28. The Balaban J connectivity index is 0.00000206. The summed E-state index contributed by atoms with van der Waals surface area (Å²) in [6, 6.07) is 10.7. The Morgan fingerprint density at radius 1 is 1.03 bits per heavy atom. The SMILES string of the molecule is O=C1CC[C@]2(CCC=C2c2c[n+](C34CC5CC(CC(C5)C3)C4)nn2Cc2ccccc2)N1.[Br-]. The first-order valence-corrected chi connectivity index (χ1v) is 12.7. The first-order chi connectivity index (χ1) is 15.6. The number of nitrogens with zero attached hydrogens (tertiary/aromatic N) is 3. The van der Waals surface area contributed by atoms with Crippen LogP contribution in [-0.4, -0.2) is 21.3 Å².